The highest BCUT2D eigenvalue weighted by molar-refractivity contribution is 8.00. The molecule has 0 fully saturated rings. The normalized spacial score (nSPS) is 10.4. The van der Waals surface area contributed by atoms with Crippen LogP contribution in [0.1, 0.15) is 16.1 Å². The van der Waals surface area contributed by atoms with Gasteiger partial charge in [-0.05, 0) is 12.5 Å². The molecule has 2 aromatic rings. The minimum Gasteiger partial charge on any atom is -0.384 e. The smallest absolute Gasteiger partial charge is 0.174 e. The first-order valence-corrected chi connectivity index (χ1v) is 6.81. The lowest BCUT2D eigenvalue weighted by atomic mass is 10.1. The molecule has 17 heavy (non-hydrogen) atoms. The number of nitrogens with one attached hydrogen (secondary N) is 1. The SMILES string of the molecule is Cc1nnc(SCc2ccc(C(=N)N)cc2)s1. The number of nitrogens with zero attached hydrogens (tertiary/aromatic N) is 2. The summed E-state index contributed by atoms with van der Waals surface area (Å²) >= 11 is 3.27. The van der Waals surface area contributed by atoms with E-state index in [0.717, 1.165) is 20.7 Å². The van der Waals surface area contributed by atoms with Crippen LogP contribution in [0.25, 0.3) is 0 Å². The van der Waals surface area contributed by atoms with Crippen LogP contribution >= 0.6 is 23.1 Å². The van der Waals surface area contributed by atoms with E-state index < -0.39 is 0 Å². The summed E-state index contributed by atoms with van der Waals surface area (Å²) in [6.07, 6.45) is 0. The van der Waals surface area contributed by atoms with Crippen molar-refractivity contribution in [2.45, 2.75) is 17.0 Å². The number of amidine groups is 1. The van der Waals surface area contributed by atoms with Gasteiger partial charge >= 0.3 is 0 Å². The first-order valence-electron chi connectivity index (χ1n) is 5.01. The Balaban J connectivity index is 1.97. The zero-order chi connectivity index (χ0) is 12.3. The van der Waals surface area contributed by atoms with Crippen molar-refractivity contribution in [1.82, 2.24) is 10.2 Å². The fourth-order valence-electron chi connectivity index (χ4n) is 1.26. The van der Waals surface area contributed by atoms with Gasteiger partial charge in [-0.3, -0.25) is 5.41 Å². The van der Waals surface area contributed by atoms with E-state index in [9.17, 15) is 0 Å². The van der Waals surface area contributed by atoms with Gasteiger partial charge in [0.25, 0.3) is 0 Å². The van der Waals surface area contributed by atoms with E-state index in [1.54, 1.807) is 23.1 Å². The van der Waals surface area contributed by atoms with Gasteiger partial charge in [0.05, 0.1) is 0 Å². The van der Waals surface area contributed by atoms with Crippen molar-refractivity contribution in [3.05, 3.63) is 40.4 Å². The van der Waals surface area contributed by atoms with Gasteiger partial charge in [0.1, 0.15) is 10.8 Å². The van der Waals surface area contributed by atoms with Crippen LogP contribution in [0.15, 0.2) is 28.6 Å². The van der Waals surface area contributed by atoms with Gasteiger partial charge in [0.15, 0.2) is 4.34 Å². The number of aromatic nitrogens is 2. The summed E-state index contributed by atoms with van der Waals surface area (Å²) in [5.74, 6) is 0.955. The summed E-state index contributed by atoms with van der Waals surface area (Å²) in [7, 11) is 0. The summed E-state index contributed by atoms with van der Waals surface area (Å²) in [6.45, 7) is 1.95. The Morgan fingerprint density at radius 3 is 2.59 bits per heavy atom. The standard InChI is InChI=1S/C11H12N4S2/c1-7-14-15-11(17-7)16-6-8-2-4-9(5-3-8)10(12)13/h2-5H,6H2,1H3,(H3,12,13). The maximum absolute atomic E-state index is 7.30. The summed E-state index contributed by atoms with van der Waals surface area (Å²) in [5, 5.41) is 16.3. The Hall–Kier alpha value is -1.40. The van der Waals surface area contributed by atoms with Gasteiger partial charge in [-0.1, -0.05) is 47.4 Å². The third kappa shape index (κ3) is 3.28. The molecule has 1 heterocycles. The Bertz CT molecular complexity index is 519. The largest absolute Gasteiger partial charge is 0.384 e. The maximum atomic E-state index is 7.30. The van der Waals surface area contributed by atoms with Crippen molar-refractivity contribution >= 4 is 28.9 Å². The zero-order valence-corrected chi connectivity index (χ0v) is 10.9. The lowest BCUT2D eigenvalue weighted by molar-refractivity contribution is 0.983. The van der Waals surface area contributed by atoms with E-state index in [1.165, 1.54) is 5.56 Å². The molecule has 0 saturated carbocycles. The second-order valence-electron chi connectivity index (χ2n) is 3.49. The minimum absolute atomic E-state index is 0.101. The van der Waals surface area contributed by atoms with Crippen LogP contribution in [0.5, 0.6) is 0 Å². The van der Waals surface area contributed by atoms with Gasteiger partial charge < -0.3 is 5.73 Å². The first-order chi connectivity index (χ1) is 8.15. The molecule has 0 unspecified atom stereocenters. The monoisotopic (exact) mass is 264 g/mol. The molecule has 0 aliphatic carbocycles. The van der Waals surface area contributed by atoms with Crippen molar-refractivity contribution < 1.29 is 0 Å². The van der Waals surface area contributed by atoms with Crippen LogP contribution in [0.3, 0.4) is 0 Å². The second-order valence-corrected chi connectivity index (χ2v) is 5.89. The summed E-state index contributed by atoms with van der Waals surface area (Å²) in [6, 6.07) is 7.70. The number of thioether (sulfide) groups is 1. The van der Waals surface area contributed by atoms with Crippen LogP contribution < -0.4 is 5.73 Å². The highest BCUT2D eigenvalue weighted by Crippen LogP contribution is 2.25. The molecule has 0 aliphatic heterocycles. The quantitative estimate of drug-likeness (QED) is 0.505. The van der Waals surface area contributed by atoms with Crippen molar-refractivity contribution in [2.24, 2.45) is 5.73 Å². The molecule has 1 aromatic heterocycles. The average molecular weight is 264 g/mol. The predicted molar refractivity (Wildman–Crippen MR) is 71.7 cm³/mol. The third-order valence-corrected chi connectivity index (χ3v) is 4.18. The Morgan fingerprint density at radius 1 is 1.35 bits per heavy atom. The molecule has 0 radical (unpaired) electrons. The molecule has 88 valence electrons. The molecule has 0 saturated heterocycles. The fourth-order valence-corrected chi connectivity index (χ4v) is 3.03. The predicted octanol–water partition coefficient (Wildman–Crippen LogP) is 2.42. The van der Waals surface area contributed by atoms with E-state index in [4.69, 9.17) is 11.1 Å². The van der Waals surface area contributed by atoms with Crippen LogP contribution in [0.2, 0.25) is 0 Å². The van der Waals surface area contributed by atoms with Crippen LogP contribution in [-0.2, 0) is 5.75 Å². The average Bonchev–Trinajstić information content (AvgIpc) is 2.73. The van der Waals surface area contributed by atoms with Crippen molar-refractivity contribution in [3.8, 4) is 0 Å². The highest BCUT2D eigenvalue weighted by atomic mass is 32.2. The lowest BCUT2D eigenvalue weighted by Crippen LogP contribution is -2.10. The molecule has 0 aliphatic rings. The topological polar surface area (TPSA) is 75.7 Å². The molecule has 6 heteroatoms. The number of hydrogen-bond acceptors (Lipinski definition) is 5. The molecule has 0 amide bonds. The maximum Gasteiger partial charge on any atom is 0.174 e. The van der Waals surface area contributed by atoms with Crippen LogP contribution in [-0.4, -0.2) is 16.0 Å². The van der Waals surface area contributed by atoms with E-state index in [-0.39, 0.29) is 5.84 Å². The zero-order valence-electron chi connectivity index (χ0n) is 9.30. The molecule has 0 bridgehead atoms. The van der Waals surface area contributed by atoms with Crippen LogP contribution in [0, 0.1) is 12.3 Å². The number of aryl methyl sites for hydroxylation is 1. The van der Waals surface area contributed by atoms with E-state index in [2.05, 4.69) is 10.2 Å². The molecule has 3 N–H and O–H groups in total. The summed E-state index contributed by atoms with van der Waals surface area (Å²) in [4.78, 5) is 0. The van der Waals surface area contributed by atoms with Gasteiger partial charge in [0.2, 0.25) is 0 Å². The molecule has 0 spiro atoms. The molecule has 0 atom stereocenters. The molecule has 2 rings (SSSR count). The van der Waals surface area contributed by atoms with Gasteiger partial charge in [-0.2, -0.15) is 0 Å². The van der Waals surface area contributed by atoms with Crippen molar-refractivity contribution in [1.29, 1.82) is 5.41 Å². The summed E-state index contributed by atoms with van der Waals surface area (Å²) < 4.78 is 0.984. The van der Waals surface area contributed by atoms with Gasteiger partial charge in [-0.25, -0.2) is 0 Å². The number of benzene rings is 1. The molecular formula is C11H12N4S2. The van der Waals surface area contributed by atoms with Gasteiger partial charge in [-0.15, -0.1) is 10.2 Å². The Kier molecular flexibility index (Phi) is 3.75. The number of rotatable bonds is 4. The lowest BCUT2D eigenvalue weighted by Gasteiger charge is -2.01. The third-order valence-electron chi connectivity index (χ3n) is 2.13. The van der Waals surface area contributed by atoms with E-state index >= 15 is 0 Å². The Labute approximate surface area is 108 Å². The fraction of sp³-hybridized carbons (Fsp3) is 0.182. The number of nitrogen functional groups attached to an aromatic ring is 1. The summed E-state index contributed by atoms with van der Waals surface area (Å²) in [5.41, 5.74) is 7.34. The molecular weight excluding hydrogens is 252 g/mol. The second kappa shape index (κ2) is 5.29. The van der Waals surface area contributed by atoms with Crippen molar-refractivity contribution in [2.75, 3.05) is 0 Å². The molecule has 1 aromatic carbocycles. The van der Waals surface area contributed by atoms with E-state index in [0.29, 0.717) is 0 Å². The minimum atomic E-state index is 0.101. The van der Waals surface area contributed by atoms with Crippen LogP contribution in [0.4, 0.5) is 0 Å². The first kappa shape index (κ1) is 12.1. The van der Waals surface area contributed by atoms with Crippen molar-refractivity contribution in [3.63, 3.8) is 0 Å². The van der Waals surface area contributed by atoms with Gasteiger partial charge in [0, 0.05) is 11.3 Å². The highest BCUT2D eigenvalue weighted by Gasteiger charge is 2.02. The molecule has 4 nitrogen and oxygen atoms in total. The number of nitrogens with two attached hydrogens (primary N) is 1. The van der Waals surface area contributed by atoms with E-state index in [1.807, 2.05) is 31.2 Å². The number of hydrogen-bond donors (Lipinski definition) is 2. The Morgan fingerprint density at radius 2 is 2.06 bits per heavy atom.